The van der Waals surface area contributed by atoms with Crippen LogP contribution in [0.2, 0.25) is 0 Å². The van der Waals surface area contributed by atoms with E-state index in [4.69, 9.17) is 0 Å². The third kappa shape index (κ3) is 5.12. The van der Waals surface area contributed by atoms with Crippen LogP contribution in [0.1, 0.15) is 32.6 Å². The molecule has 1 atom stereocenters. The van der Waals surface area contributed by atoms with E-state index in [9.17, 15) is 0 Å². The third-order valence-electron chi connectivity index (χ3n) is 2.13. The van der Waals surface area contributed by atoms with E-state index in [1.165, 1.54) is 25.7 Å². The summed E-state index contributed by atoms with van der Waals surface area (Å²) in [7, 11) is 2.07. The zero-order chi connectivity index (χ0) is 8.10. The molecule has 1 fully saturated rings. The largest absolute Gasteiger partial charge is 0.241 e. The van der Waals surface area contributed by atoms with Crippen LogP contribution in [-0.2, 0) is 17.1 Å². The van der Waals surface area contributed by atoms with Gasteiger partial charge in [0, 0.05) is 36.7 Å². The van der Waals surface area contributed by atoms with Crippen molar-refractivity contribution in [2.75, 3.05) is 13.6 Å². The van der Waals surface area contributed by atoms with Crippen LogP contribution in [0.3, 0.4) is 0 Å². The molecular weight excluding hydrogens is 202 g/mol. The molecule has 4 heteroatoms. The van der Waals surface area contributed by atoms with E-state index < -0.39 is 0 Å². The molecule has 0 saturated carbocycles. The normalized spacial score (nSPS) is 28.0. The van der Waals surface area contributed by atoms with Gasteiger partial charge in [-0.15, -0.1) is 0 Å². The fraction of sp³-hybridized carbons (Fsp3) is 1.00. The quantitative estimate of drug-likeness (QED) is 0.594. The summed E-state index contributed by atoms with van der Waals surface area (Å²) in [6, 6.07) is 0.593. The van der Waals surface area contributed by atoms with Crippen molar-refractivity contribution in [1.82, 2.24) is 16.0 Å². The molecule has 1 unspecified atom stereocenters. The van der Waals surface area contributed by atoms with Gasteiger partial charge in [0.1, 0.15) is 0 Å². The van der Waals surface area contributed by atoms with Gasteiger partial charge in [-0.25, -0.2) is 10.4 Å². The molecular formula is C8H19CuN3. The summed E-state index contributed by atoms with van der Waals surface area (Å²) in [4.78, 5) is 0. The molecule has 3 nitrogen and oxygen atoms in total. The van der Waals surface area contributed by atoms with Crippen LogP contribution in [0.25, 0.3) is 0 Å². The van der Waals surface area contributed by atoms with Crippen molar-refractivity contribution in [3.05, 3.63) is 0 Å². The van der Waals surface area contributed by atoms with Gasteiger partial charge in [-0.3, -0.25) is 0 Å². The minimum Gasteiger partial charge on any atom is -0.241 e. The van der Waals surface area contributed by atoms with Crippen molar-refractivity contribution in [3.8, 4) is 0 Å². The first-order valence-electron chi connectivity index (χ1n) is 4.51. The molecule has 0 aromatic heterocycles. The fourth-order valence-corrected chi connectivity index (χ4v) is 1.32. The van der Waals surface area contributed by atoms with Crippen molar-refractivity contribution in [1.29, 1.82) is 0 Å². The van der Waals surface area contributed by atoms with Crippen LogP contribution < -0.4 is 11.0 Å². The molecule has 1 heterocycles. The maximum absolute atomic E-state index is 3.25. The van der Waals surface area contributed by atoms with E-state index in [2.05, 4.69) is 29.9 Å². The SMILES string of the molecule is CC1CCCCCN(C)NN1.[Cu]. The zero-order valence-electron chi connectivity index (χ0n) is 7.86. The Balaban J connectivity index is 0.00000121. The van der Waals surface area contributed by atoms with Gasteiger partial charge in [-0.2, -0.15) is 5.53 Å². The molecule has 12 heavy (non-hydrogen) atoms. The minimum atomic E-state index is 0. The average molecular weight is 221 g/mol. The Labute approximate surface area is 85.7 Å². The van der Waals surface area contributed by atoms with Gasteiger partial charge in [-0.1, -0.05) is 12.8 Å². The second-order valence-electron chi connectivity index (χ2n) is 3.43. The zero-order valence-corrected chi connectivity index (χ0v) is 8.80. The van der Waals surface area contributed by atoms with Gasteiger partial charge < -0.3 is 0 Å². The summed E-state index contributed by atoms with van der Waals surface area (Å²) in [5, 5.41) is 2.11. The van der Waals surface area contributed by atoms with Crippen LogP contribution in [0.15, 0.2) is 0 Å². The summed E-state index contributed by atoms with van der Waals surface area (Å²) in [5.41, 5.74) is 6.41. The Morgan fingerprint density at radius 3 is 2.75 bits per heavy atom. The van der Waals surface area contributed by atoms with Crippen molar-refractivity contribution in [2.45, 2.75) is 38.6 Å². The summed E-state index contributed by atoms with van der Waals surface area (Å²) in [6.45, 7) is 3.35. The van der Waals surface area contributed by atoms with Crippen LogP contribution in [-0.4, -0.2) is 24.6 Å². The molecule has 1 rings (SSSR count). The molecule has 0 aromatic rings. The molecule has 0 amide bonds. The molecule has 0 aromatic carbocycles. The Morgan fingerprint density at radius 1 is 1.25 bits per heavy atom. The van der Waals surface area contributed by atoms with E-state index in [0.717, 1.165) is 6.54 Å². The number of rotatable bonds is 0. The maximum Gasteiger partial charge on any atom is 0.0197 e. The van der Waals surface area contributed by atoms with E-state index in [1.807, 2.05) is 0 Å². The van der Waals surface area contributed by atoms with Gasteiger partial charge in [0.15, 0.2) is 0 Å². The van der Waals surface area contributed by atoms with Gasteiger partial charge >= 0.3 is 0 Å². The minimum absolute atomic E-state index is 0. The van der Waals surface area contributed by atoms with E-state index in [1.54, 1.807) is 0 Å². The Hall–Kier alpha value is 0.399. The second kappa shape index (κ2) is 6.87. The summed E-state index contributed by atoms with van der Waals surface area (Å²) in [6.07, 6.45) is 5.29. The molecule has 0 spiro atoms. The van der Waals surface area contributed by atoms with Crippen LogP contribution >= 0.6 is 0 Å². The number of nitrogens with one attached hydrogen (secondary N) is 2. The average Bonchev–Trinajstić information content (AvgIpc) is 2.06. The van der Waals surface area contributed by atoms with Gasteiger partial charge in [0.05, 0.1) is 0 Å². The predicted octanol–water partition coefficient (Wildman–Crippen LogP) is 0.887. The van der Waals surface area contributed by atoms with E-state index in [0.29, 0.717) is 6.04 Å². The summed E-state index contributed by atoms with van der Waals surface area (Å²) >= 11 is 0. The topological polar surface area (TPSA) is 27.3 Å². The molecule has 77 valence electrons. The van der Waals surface area contributed by atoms with Crippen molar-refractivity contribution in [2.24, 2.45) is 0 Å². The number of hydrogen-bond donors (Lipinski definition) is 2. The van der Waals surface area contributed by atoms with Crippen LogP contribution in [0, 0.1) is 0 Å². The monoisotopic (exact) mass is 220 g/mol. The van der Waals surface area contributed by atoms with E-state index >= 15 is 0 Å². The fourth-order valence-electron chi connectivity index (χ4n) is 1.32. The summed E-state index contributed by atoms with van der Waals surface area (Å²) < 4.78 is 0. The van der Waals surface area contributed by atoms with Crippen LogP contribution in [0.4, 0.5) is 0 Å². The Bertz CT molecular complexity index is 98.5. The van der Waals surface area contributed by atoms with Crippen molar-refractivity contribution >= 4 is 0 Å². The Kier molecular flexibility index (Phi) is 7.10. The Morgan fingerprint density at radius 2 is 2.00 bits per heavy atom. The second-order valence-corrected chi connectivity index (χ2v) is 3.43. The molecule has 0 aliphatic carbocycles. The number of nitrogens with zero attached hydrogens (tertiary/aromatic N) is 1. The molecule has 1 radical (unpaired) electrons. The van der Waals surface area contributed by atoms with E-state index in [-0.39, 0.29) is 17.1 Å². The molecule has 2 N–H and O–H groups in total. The molecule has 1 saturated heterocycles. The van der Waals surface area contributed by atoms with Gasteiger partial charge in [-0.05, 0) is 19.8 Å². The first-order valence-corrected chi connectivity index (χ1v) is 4.51. The molecule has 1 aliphatic rings. The van der Waals surface area contributed by atoms with Crippen molar-refractivity contribution in [3.63, 3.8) is 0 Å². The summed E-state index contributed by atoms with van der Waals surface area (Å²) in [5.74, 6) is 0. The third-order valence-corrected chi connectivity index (χ3v) is 2.13. The predicted molar refractivity (Wildman–Crippen MR) is 46.8 cm³/mol. The number of hydrazine groups is 2. The number of hydrogen-bond acceptors (Lipinski definition) is 3. The first-order chi connectivity index (χ1) is 5.29. The van der Waals surface area contributed by atoms with Crippen molar-refractivity contribution < 1.29 is 17.1 Å². The standard InChI is InChI=1S/C8H19N3.Cu/c1-8-6-4-3-5-7-11(2)10-9-8;/h8-10H,3-7H2,1-2H3;. The first kappa shape index (κ1) is 12.4. The maximum atomic E-state index is 3.25. The van der Waals surface area contributed by atoms with Gasteiger partial charge in [0.2, 0.25) is 0 Å². The molecule has 1 aliphatic heterocycles. The van der Waals surface area contributed by atoms with Crippen LogP contribution in [0.5, 0.6) is 0 Å². The molecule has 0 bridgehead atoms. The van der Waals surface area contributed by atoms with Gasteiger partial charge in [0.25, 0.3) is 0 Å². The smallest absolute Gasteiger partial charge is 0.0197 e.